The molecule has 2 aromatic carbocycles. The zero-order valence-electron chi connectivity index (χ0n) is 14.8. The molecule has 7 heteroatoms. The van der Waals surface area contributed by atoms with Crippen LogP contribution in [0.25, 0.3) is 10.9 Å². The van der Waals surface area contributed by atoms with Crippen LogP contribution in [-0.4, -0.2) is 29.8 Å². The van der Waals surface area contributed by atoms with Gasteiger partial charge in [-0.1, -0.05) is 18.2 Å². The van der Waals surface area contributed by atoms with Gasteiger partial charge < -0.3 is 21.4 Å². The topological polar surface area (TPSA) is 117 Å². The number of carbonyl (C=O) groups excluding carboxylic acids is 3. The van der Waals surface area contributed by atoms with Gasteiger partial charge in [0.2, 0.25) is 11.8 Å². The Balaban J connectivity index is 1.92. The van der Waals surface area contributed by atoms with E-state index < -0.39 is 11.8 Å². The fourth-order valence-corrected chi connectivity index (χ4v) is 2.95. The maximum Gasteiger partial charge on any atom is 0.255 e. The fraction of sp³-hybridized carbons (Fsp3) is 0.150. The number of benzene rings is 2. The lowest BCUT2D eigenvalue weighted by atomic mass is 9.94. The van der Waals surface area contributed by atoms with Crippen molar-refractivity contribution in [3.05, 3.63) is 65.9 Å². The third kappa shape index (κ3) is 3.98. The molecule has 1 aromatic heterocycles. The Labute approximate surface area is 155 Å². The number of aromatic amines is 1. The van der Waals surface area contributed by atoms with Gasteiger partial charge in [0, 0.05) is 41.8 Å². The smallest absolute Gasteiger partial charge is 0.255 e. The van der Waals surface area contributed by atoms with Crippen molar-refractivity contribution in [1.29, 1.82) is 0 Å². The van der Waals surface area contributed by atoms with Crippen molar-refractivity contribution in [3.8, 4) is 0 Å². The molecular weight excluding hydrogens is 344 g/mol. The van der Waals surface area contributed by atoms with Gasteiger partial charge in [-0.25, -0.2) is 0 Å². The van der Waals surface area contributed by atoms with Crippen LogP contribution < -0.4 is 16.4 Å². The number of primary amides is 1. The number of H-pyrrole nitrogens is 1. The zero-order chi connectivity index (χ0) is 19.4. The standard InChI is InChI=1S/C20H20N4O3/c1-22-18(25)10-15(19(21)26)16-11-23-17-8-7-13(9-14(16)17)24-20(27)12-5-3-2-4-6-12/h2-9,11,15,23H,10H2,1H3,(H2,21,26)(H,22,25)(H,24,27). The molecule has 1 heterocycles. The third-order valence-corrected chi connectivity index (χ3v) is 4.39. The van der Waals surface area contributed by atoms with Gasteiger partial charge in [0.05, 0.1) is 5.92 Å². The van der Waals surface area contributed by atoms with Crippen LogP contribution in [-0.2, 0) is 9.59 Å². The summed E-state index contributed by atoms with van der Waals surface area (Å²) in [7, 11) is 1.51. The van der Waals surface area contributed by atoms with Gasteiger partial charge in [-0.15, -0.1) is 0 Å². The van der Waals surface area contributed by atoms with Gasteiger partial charge in [-0.3, -0.25) is 14.4 Å². The van der Waals surface area contributed by atoms with E-state index in [-0.39, 0.29) is 18.2 Å². The molecule has 3 amide bonds. The summed E-state index contributed by atoms with van der Waals surface area (Å²) in [6.07, 6.45) is 1.63. The number of rotatable bonds is 6. The van der Waals surface area contributed by atoms with Crippen molar-refractivity contribution in [3.63, 3.8) is 0 Å². The Morgan fingerprint density at radius 3 is 2.52 bits per heavy atom. The summed E-state index contributed by atoms with van der Waals surface area (Å²) >= 11 is 0. The molecule has 3 rings (SSSR count). The Morgan fingerprint density at radius 1 is 1.11 bits per heavy atom. The van der Waals surface area contributed by atoms with Gasteiger partial charge in [-0.05, 0) is 35.9 Å². The van der Waals surface area contributed by atoms with E-state index in [1.807, 2.05) is 6.07 Å². The lowest BCUT2D eigenvalue weighted by Crippen LogP contribution is -2.28. The van der Waals surface area contributed by atoms with Crippen LogP contribution in [0.15, 0.2) is 54.7 Å². The fourth-order valence-electron chi connectivity index (χ4n) is 2.95. The summed E-state index contributed by atoms with van der Waals surface area (Å²) in [4.78, 5) is 39.1. The molecule has 3 aromatic rings. The van der Waals surface area contributed by atoms with Crippen molar-refractivity contribution in [2.24, 2.45) is 5.73 Å². The molecular formula is C20H20N4O3. The molecule has 0 saturated heterocycles. The van der Waals surface area contributed by atoms with E-state index in [1.54, 1.807) is 48.7 Å². The number of hydrogen-bond acceptors (Lipinski definition) is 3. The average Bonchev–Trinajstić information content (AvgIpc) is 3.09. The van der Waals surface area contributed by atoms with Crippen LogP contribution in [0.1, 0.15) is 28.3 Å². The first-order valence-electron chi connectivity index (χ1n) is 8.47. The monoisotopic (exact) mass is 364 g/mol. The summed E-state index contributed by atoms with van der Waals surface area (Å²) in [5.74, 6) is -1.86. The second kappa shape index (κ2) is 7.74. The highest BCUT2D eigenvalue weighted by molar-refractivity contribution is 6.05. The summed E-state index contributed by atoms with van der Waals surface area (Å²) in [5, 5.41) is 6.07. The Kier molecular flexibility index (Phi) is 5.21. The van der Waals surface area contributed by atoms with E-state index in [2.05, 4.69) is 15.6 Å². The first-order chi connectivity index (χ1) is 13.0. The SMILES string of the molecule is CNC(=O)CC(C(N)=O)c1c[nH]c2ccc(NC(=O)c3ccccc3)cc12. The molecule has 1 atom stereocenters. The molecule has 0 aliphatic heterocycles. The normalized spacial score (nSPS) is 11.7. The minimum atomic E-state index is -0.765. The third-order valence-electron chi connectivity index (χ3n) is 4.39. The zero-order valence-corrected chi connectivity index (χ0v) is 14.8. The van der Waals surface area contributed by atoms with Crippen LogP contribution in [0.4, 0.5) is 5.69 Å². The van der Waals surface area contributed by atoms with Crippen molar-refractivity contribution in [1.82, 2.24) is 10.3 Å². The van der Waals surface area contributed by atoms with E-state index in [1.165, 1.54) is 7.05 Å². The Morgan fingerprint density at radius 2 is 1.85 bits per heavy atom. The van der Waals surface area contributed by atoms with Gasteiger partial charge in [-0.2, -0.15) is 0 Å². The van der Waals surface area contributed by atoms with E-state index >= 15 is 0 Å². The predicted octanol–water partition coefficient (Wildman–Crippen LogP) is 2.13. The molecule has 0 radical (unpaired) electrons. The Hall–Kier alpha value is -3.61. The molecule has 5 N–H and O–H groups in total. The number of amides is 3. The summed E-state index contributed by atoms with van der Waals surface area (Å²) in [6.45, 7) is 0. The van der Waals surface area contributed by atoms with E-state index in [9.17, 15) is 14.4 Å². The van der Waals surface area contributed by atoms with E-state index in [0.717, 1.165) is 10.9 Å². The molecule has 0 aliphatic carbocycles. The highest BCUT2D eigenvalue weighted by Crippen LogP contribution is 2.30. The van der Waals surface area contributed by atoms with Crippen LogP contribution >= 0.6 is 0 Å². The minimum absolute atomic E-state index is 0.0423. The van der Waals surface area contributed by atoms with Gasteiger partial charge in [0.1, 0.15) is 0 Å². The molecule has 27 heavy (non-hydrogen) atoms. The summed E-state index contributed by atoms with van der Waals surface area (Å²) in [5.41, 5.74) is 8.05. The number of fused-ring (bicyclic) bond motifs is 1. The van der Waals surface area contributed by atoms with Gasteiger partial charge in [0.15, 0.2) is 0 Å². The van der Waals surface area contributed by atoms with Crippen LogP contribution in [0, 0.1) is 0 Å². The van der Waals surface area contributed by atoms with Crippen LogP contribution in [0.2, 0.25) is 0 Å². The molecule has 0 fully saturated rings. The minimum Gasteiger partial charge on any atom is -0.369 e. The lowest BCUT2D eigenvalue weighted by molar-refractivity contribution is -0.125. The molecule has 1 unspecified atom stereocenters. The predicted molar refractivity (Wildman–Crippen MR) is 103 cm³/mol. The highest BCUT2D eigenvalue weighted by atomic mass is 16.2. The Bertz CT molecular complexity index is 995. The quantitative estimate of drug-likeness (QED) is 0.537. The molecule has 7 nitrogen and oxygen atoms in total. The second-order valence-corrected chi connectivity index (χ2v) is 6.16. The summed E-state index contributed by atoms with van der Waals surface area (Å²) < 4.78 is 0. The lowest BCUT2D eigenvalue weighted by Gasteiger charge is -2.12. The molecule has 0 bridgehead atoms. The first kappa shape index (κ1) is 18.2. The van der Waals surface area contributed by atoms with Gasteiger partial charge in [0.25, 0.3) is 5.91 Å². The van der Waals surface area contributed by atoms with Crippen molar-refractivity contribution < 1.29 is 14.4 Å². The number of carbonyl (C=O) groups is 3. The van der Waals surface area contributed by atoms with Crippen molar-refractivity contribution in [2.75, 3.05) is 12.4 Å². The van der Waals surface area contributed by atoms with E-state index in [0.29, 0.717) is 16.8 Å². The van der Waals surface area contributed by atoms with Gasteiger partial charge >= 0.3 is 0 Å². The van der Waals surface area contributed by atoms with E-state index in [4.69, 9.17) is 5.73 Å². The number of hydrogen-bond donors (Lipinski definition) is 4. The molecule has 138 valence electrons. The molecule has 0 spiro atoms. The second-order valence-electron chi connectivity index (χ2n) is 6.16. The largest absolute Gasteiger partial charge is 0.369 e. The number of nitrogens with one attached hydrogen (secondary N) is 3. The maximum atomic E-state index is 12.4. The number of aromatic nitrogens is 1. The average molecular weight is 364 g/mol. The maximum absolute atomic E-state index is 12.4. The van der Waals surface area contributed by atoms with Crippen molar-refractivity contribution in [2.45, 2.75) is 12.3 Å². The van der Waals surface area contributed by atoms with Crippen LogP contribution in [0.3, 0.4) is 0 Å². The summed E-state index contributed by atoms with van der Waals surface area (Å²) in [6, 6.07) is 14.2. The van der Waals surface area contributed by atoms with Crippen molar-refractivity contribution >= 4 is 34.3 Å². The highest BCUT2D eigenvalue weighted by Gasteiger charge is 2.24. The first-order valence-corrected chi connectivity index (χ1v) is 8.47. The number of anilines is 1. The number of nitrogens with two attached hydrogens (primary N) is 1. The van der Waals surface area contributed by atoms with Crippen LogP contribution in [0.5, 0.6) is 0 Å². The molecule has 0 aliphatic rings. The molecule has 0 saturated carbocycles.